The lowest BCUT2D eigenvalue weighted by atomic mass is 10.0. The fourth-order valence-corrected chi connectivity index (χ4v) is 5.16. The van der Waals surface area contributed by atoms with E-state index >= 15 is 0 Å². The Morgan fingerprint density at radius 3 is 1.44 bits per heavy atom. The molecule has 206 valence electrons. The number of benzene rings is 3. The highest BCUT2D eigenvalue weighted by Gasteiger charge is 2.21. The van der Waals surface area contributed by atoms with Gasteiger partial charge in [0.05, 0.1) is 6.61 Å². The number of halogens is 4. The molecule has 4 rings (SSSR count). The lowest BCUT2D eigenvalue weighted by Gasteiger charge is -2.08. The van der Waals surface area contributed by atoms with Crippen LogP contribution in [0.1, 0.15) is 51.2 Å². The van der Waals surface area contributed by atoms with Gasteiger partial charge in [-0.15, -0.1) is 0 Å². The van der Waals surface area contributed by atoms with Gasteiger partial charge in [-0.1, -0.05) is 70.0 Å². The van der Waals surface area contributed by atoms with Crippen LogP contribution < -0.4 is 4.74 Å². The van der Waals surface area contributed by atoms with Gasteiger partial charge in [-0.3, -0.25) is 0 Å². The van der Waals surface area contributed by atoms with E-state index in [-0.39, 0.29) is 0 Å². The Kier molecular flexibility index (Phi) is 11.5. The normalized spacial score (nSPS) is 11.1. The molecule has 1 nitrogen and oxygen atoms in total. The third-order valence-electron chi connectivity index (χ3n) is 6.29. The zero-order valence-corrected chi connectivity index (χ0v) is 23.5. The van der Waals surface area contributed by atoms with Crippen LogP contribution in [-0.2, 0) is 12.8 Å². The van der Waals surface area contributed by atoms with Gasteiger partial charge in [0.25, 0.3) is 0 Å². The summed E-state index contributed by atoms with van der Waals surface area (Å²) in [5, 5.41) is 0. The minimum atomic E-state index is -6.00. The molecule has 0 N–H and O–H groups in total. The van der Waals surface area contributed by atoms with E-state index in [9.17, 15) is 17.3 Å². The average molecular weight is 555 g/mol. The zero-order valence-electron chi connectivity index (χ0n) is 22.7. The Hall–Kier alpha value is -3.19. The fourth-order valence-electron chi connectivity index (χ4n) is 4.05. The van der Waals surface area contributed by atoms with E-state index in [4.69, 9.17) is 4.74 Å². The van der Waals surface area contributed by atoms with Crippen LogP contribution >= 0.6 is 11.3 Å². The van der Waals surface area contributed by atoms with Crippen LogP contribution in [0.25, 0.3) is 32.0 Å². The summed E-state index contributed by atoms with van der Waals surface area (Å²) in [5.74, 6) is 0.948. The molecule has 0 aliphatic heterocycles. The van der Waals surface area contributed by atoms with Gasteiger partial charge in [0.2, 0.25) is 21.1 Å². The molecular weight excluding hydrogens is 519 g/mol. The molecule has 7 heteroatoms. The number of hydrogen-bond acceptors (Lipinski definition) is 1. The molecule has 0 radical (unpaired) electrons. The van der Waals surface area contributed by atoms with Gasteiger partial charge in [0, 0.05) is 23.3 Å². The van der Waals surface area contributed by atoms with Crippen LogP contribution in [-0.4, -0.2) is 13.9 Å². The van der Waals surface area contributed by atoms with E-state index in [1.807, 2.05) is 11.3 Å². The lowest BCUT2D eigenvalue weighted by Crippen LogP contribution is -2.02. The van der Waals surface area contributed by atoms with Crippen molar-refractivity contribution in [3.05, 3.63) is 96.1 Å². The number of rotatable bonds is 10. The second kappa shape index (κ2) is 14.8. The standard InChI is InChI=1S/C32H35OS.BF4/c1-4-7-8-21-33-30-19-17-26(18-20-30)29-22-31(27-13-9-24(5-2)10-14-27)34-32(23-29)28-15-11-25(6-3)12-16-28;2-1(3,4)5/h9-20,22-23H,4-8,21H2,1-3H3;/q+1;-1. The molecular formula is C32H35BF4OS. The topological polar surface area (TPSA) is 9.23 Å². The van der Waals surface area contributed by atoms with Crippen LogP contribution in [0.4, 0.5) is 17.3 Å². The maximum atomic E-state index is 9.75. The monoisotopic (exact) mass is 554 g/mol. The van der Waals surface area contributed by atoms with Crippen LogP contribution in [0.2, 0.25) is 0 Å². The van der Waals surface area contributed by atoms with Gasteiger partial charge in [0.15, 0.2) is 0 Å². The maximum absolute atomic E-state index is 9.75. The third-order valence-corrected chi connectivity index (χ3v) is 7.44. The van der Waals surface area contributed by atoms with Gasteiger partial charge in [-0.05, 0) is 77.9 Å². The SMILES string of the molecule is CCCCCOc1ccc(-c2cc(-c3ccc(CC)cc3)[s+]c(-c3ccc(CC)cc3)c2)cc1.F[B-](F)(F)F. The highest BCUT2D eigenvalue weighted by molar-refractivity contribution is 7.18. The quantitative estimate of drug-likeness (QED) is 0.0820. The molecule has 0 bridgehead atoms. The number of ether oxygens (including phenoxy) is 1. The Bertz CT molecular complexity index is 1220. The number of unbranched alkanes of at least 4 members (excludes halogenated alkanes) is 2. The second-order valence-electron chi connectivity index (χ2n) is 9.25. The lowest BCUT2D eigenvalue weighted by molar-refractivity contribution is 0.306. The molecule has 0 spiro atoms. The van der Waals surface area contributed by atoms with E-state index in [2.05, 4.69) is 106 Å². The Morgan fingerprint density at radius 1 is 0.590 bits per heavy atom. The van der Waals surface area contributed by atoms with E-state index in [1.54, 1.807) is 0 Å². The molecule has 0 aliphatic carbocycles. The van der Waals surface area contributed by atoms with Gasteiger partial charge in [-0.2, -0.15) is 0 Å². The minimum absolute atomic E-state index is 0.788. The summed E-state index contributed by atoms with van der Waals surface area (Å²) in [6.45, 7) is 7.41. The molecule has 0 aliphatic rings. The summed E-state index contributed by atoms with van der Waals surface area (Å²) in [6, 6.07) is 31.2. The molecule has 4 aromatic rings. The van der Waals surface area contributed by atoms with Crippen LogP contribution in [0.15, 0.2) is 84.9 Å². The van der Waals surface area contributed by atoms with Gasteiger partial charge >= 0.3 is 7.25 Å². The van der Waals surface area contributed by atoms with Crippen LogP contribution in [0.3, 0.4) is 0 Å². The highest BCUT2D eigenvalue weighted by Crippen LogP contribution is 2.38. The molecule has 0 saturated heterocycles. The first-order valence-corrected chi connectivity index (χ1v) is 14.3. The van der Waals surface area contributed by atoms with Crippen molar-refractivity contribution in [2.24, 2.45) is 0 Å². The second-order valence-corrected chi connectivity index (χ2v) is 10.3. The predicted octanol–water partition coefficient (Wildman–Crippen LogP) is 11.0. The summed E-state index contributed by atoms with van der Waals surface area (Å²) < 4.78 is 44.9. The average Bonchev–Trinajstić information content (AvgIpc) is 2.94. The molecule has 1 heterocycles. The van der Waals surface area contributed by atoms with Crippen molar-refractivity contribution in [3.63, 3.8) is 0 Å². The van der Waals surface area contributed by atoms with Crippen LogP contribution in [0.5, 0.6) is 5.75 Å². The molecule has 3 aromatic carbocycles. The smallest absolute Gasteiger partial charge is 0.494 e. The summed E-state index contributed by atoms with van der Waals surface area (Å²) in [6.07, 6.45) is 5.66. The third kappa shape index (κ3) is 10.1. The molecule has 0 atom stereocenters. The Morgan fingerprint density at radius 2 is 1.03 bits per heavy atom. The largest absolute Gasteiger partial charge is 0.673 e. The number of aryl methyl sites for hydroxylation is 2. The van der Waals surface area contributed by atoms with Crippen molar-refractivity contribution in [2.45, 2.75) is 52.9 Å². The molecule has 0 fully saturated rings. The number of hydrogen-bond donors (Lipinski definition) is 0. The van der Waals surface area contributed by atoms with Crippen molar-refractivity contribution >= 4 is 18.6 Å². The molecule has 39 heavy (non-hydrogen) atoms. The first kappa shape index (κ1) is 30.4. The molecule has 0 unspecified atom stereocenters. The Balaban J connectivity index is 0.000000771. The van der Waals surface area contributed by atoms with E-state index in [0.717, 1.165) is 31.6 Å². The van der Waals surface area contributed by atoms with Crippen molar-refractivity contribution < 1.29 is 22.0 Å². The van der Waals surface area contributed by atoms with Crippen LogP contribution in [0, 0.1) is 0 Å². The minimum Gasteiger partial charge on any atom is -0.494 e. The molecule has 0 amide bonds. The zero-order chi connectivity index (χ0) is 28.3. The summed E-state index contributed by atoms with van der Waals surface area (Å²) in [7, 11) is -6.00. The Labute approximate surface area is 233 Å². The predicted molar refractivity (Wildman–Crippen MR) is 159 cm³/mol. The van der Waals surface area contributed by atoms with Gasteiger partial charge in [-0.25, -0.2) is 0 Å². The summed E-state index contributed by atoms with van der Waals surface area (Å²) in [5.41, 5.74) is 7.73. The van der Waals surface area contributed by atoms with Crippen molar-refractivity contribution in [1.29, 1.82) is 0 Å². The van der Waals surface area contributed by atoms with Gasteiger partial charge < -0.3 is 22.0 Å². The van der Waals surface area contributed by atoms with E-state index in [0.29, 0.717) is 0 Å². The summed E-state index contributed by atoms with van der Waals surface area (Å²) in [4.78, 5) is 2.57. The van der Waals surface area contributed by atoms with Gasteiger partial charge in [0.1, 0.15) is 5.75 Å². The van der Waals surface area contributed by atoms with Crippen molar-refractivity contribution in [2.75, 3.05) is 6.61 Å². The molecule has 0 saturated carbocycles. The van der Waals surface area contributed by atoms with E-state index < -0.39 is 7.25 Å². The fraction of sp³-hybridized carbons (Fsp3) is 0.281. The van der Waals surface area contributed by atoms with Crippen molar-refractivity contribution in [3.8, 4) is 37.8 Å². The van der Waals surface area contributed by atoms with E-state index in [1.165, 1.54) is 56.0 Å². The highest BCUT2D eigenvalue weighted by atomic mass is 32.1. The van der Waals surface area contributed by atoms with Crippen molar-refractivity contribution in [1.82, 2.24) is 0 Å². The first-order valence-electron chi connectivity index (χ1n) is 13.5. The first-order chi connectivity index (χ1) is 18.7. The molecule has 1 aromatic heterocycles. The maximum Gasteiger partial charge on any atom is 0.673 e. The summed E-state index contributed by atoms with van der Waals surface area (Å²) >= 11 is 1.86.